The highest BCUT2D eigenvalue weighted by Gasteiger charge is 2.32. The van der Waals surface area contributed by atoms with Crippen LogP contribution in [-0.2, 0) is 14.4 Å². The molecule has 1 atom stereocenters. The second-order valence-electron chi connectivity index (χ2n) is 5.94. The quantitative estimate of drug-likeness (QED) is 0.662. The number of hydrogen-bond acceptors (Lipinski definition) is 5. The predicted octanol–water partition coefficient (Wildman–Crippen LogP) is 0.447. The predicted molar refractivity (Wildman–Crippen MR) is 94.7 cm³/mol. The van der Waals surface area contributed by atoms with Crippen LogP contribution >= 0.6 is 0 Å². The Morgan fingerprint density at radius 1 is 1.19 bits per heavy atom. The minimum Gasteiger partial charge on any atom is -0.494 e. The van der Waals surface area contributed by atoms with E-state index in [1.54, 1.807) is 24.3 Å². The van der Waals surface area contributed by atoms with Crippen LogP contribution in [0.25, 0.3) is 0 Å². The Kier molecular flexibility index (Phi) is 7.25. The van der Waals surface area contributed by atoms with E-state index in [0.717, 1.165) is 12.2 Å². The Balaban J connectivity index is 1.67. The lowest BCUT2D eigenvalue weighted by Gasteiger charge is -2.22. The van der Waals surface area contributed by atoms with Crippen molar-refractivity contribution in [3.8, 4) is 11.5 Å². The number of benzene rings is 1. The third-order valence-corrected chi connectivity index (χ3v) is 4.07. The number of nitrogens with two attached hydrogens (primary N) is 1. The molecule has 3 amide bonds. The van der Waals surface area contributed by atoms with E-state index >= 15 is 0 Å². The van der Waals surface area contributed by atoms with Gasteiger partial charge in [0.15, 0.2) is 6.61 Å². The third kappa shape index (κ3) is 5.65. The summed E-state index contributed by atoms with van der Waals surface area (Å²) in [4.78, 5) is 36.7. The molecule has 1 saturated heterocycles. The SMILES string of the molecule is CCOc1ccc(OCC(=O)NCCC(=O)N2CCCC2C(N)=O)cc1. The molecule has 0 radical (unpaired) electrons. The fraction of sp³-hybridized carbons (Fsp3) is 0.500. The van der Waals surface area contributed by atoms with Crippen LogP contribution in [0, 0.1) is 0 Å². The van der Waals surface area contributed by atoms with Crippen molar-refractivity contribution in [1.29, 1.82) is 0 Å². The molecule has 8 nitrogen and oxygen atoms in total. The number of carbonyl (C=O) groups excluding carboxylic acids is 3. The number of amides is 3. The van der Waals surface area contributed by atoms with Gasteiger partial charge in [0.05, 0.1) is 6.61 Å². The van der Waals surface area contributed by atoms with Gasteiger partial charge in [-0.05, 0) is 44.0 Å². The minimum absolute atomic E-state index is 0.124. The first-order chi connectivity index (χ1) is 12.5. The lowest BCUT2D eigenvalue weighted by Crippen LogP contribution is -2.44. The monoisotopic (exact) mass is 363 g/mol. The van der Waals surface area contributed by atoms with E-state index in [1.165, 1.54) is 4.90 Å². The number of primary amides is 1. The van der Waals surface area contributed by atoms with E-state index in [1.807, 2.05) is 6.92 Å². The van der Waals surface area contributed by atoms with Crippen molar-refractivity contribution in [2.45, 2.75) is 32.2 Å². The highest BCUT2D eigenvalue weighted by molar-refractivity contribution is 5.87. The zero-order chi connectivity index (χ0) is 18.9. The molecule has 0 spiro atoms. The molecule has 0 bridgehead atoms. The molecule has 1 unspecified atom stereocenters. The maximum absolute atomic E-state index is 12.1. The Bertz CT molecular complexity index is 632. The van der Waals surface area contributed by atoms with Gasteiger partial charge in [-0.25, -0.2) is 0 Å². The van der Waals surface area contributed by atoms with Gasteiger partial charge in [-0.1, -0.05) is 0 Å². The molecule has 1 fully saturated rings. The van der Waals surface area contributed by atoms with Crippen LogP contribution in [0.4, 0.5) is 0 Å². The van der Waals surface area contributed by atoms with Gasteiger partial charge in [-0.3, -0.25) is 14.4 Å². The summed E-state index contributed by atoms with van der Waals surface area (Å²) in [6.07, 6.45) is 1.49. The summed E-state index contributed by atoms with van der Waals surface area (Å²) in [6.45, 7) is 3.06. The van der Waals surface area contributed by atoms with Crippen LogP contribution in [0.15, 0.2) is 24.3 Å². The summed E-state index contributed by atoms with van der Waals surface area (Å²) in [5, 5.41) is 2.63. The van der Waals surface area contributed by atoms with E-state index in [9.17, 15) is 14.4 Å². The van der Waals surface area contributed by atoms with E-state index in [2.05, 4.69) is 5.32 Å². The average molecular weight is 363 g/mol. The lowest BCUT2D eigenvalue weighted by atomic mass is 10.2. The molecule has 1 aromatic carbocycles. The topological polar surface area (TPSA) is 111 Å². The van der Waals surface area contributed by atoms with Crippen molar-refractivity contribution in [2.75, 3.05) is 26.3 Å². The number of rotatable bonds is 9. The molecule has 1 aliphatic rings. The molecule has 0 aliphatic carbocycles. The Hall–Kier alpha value is -2.77. The average Bonchev–Trinajstić information content (AvgIpc) is 3.11. The molecule has 3 N–H and O–H groups in total. The Labute approximate surface area is 152 Å². The second kappa shape index (κ2) is 9.65. The number of carbonyl (C=O) groups is 3. The second-order valence-corrected chi connectivity index (χ2v) is 5.94. The first-order valence-corrected chi connectivity index (χ1v) is 8.72. The first kappa shape index (κ1) is 19.6. The van der Waals surface area contributed by atoms with Crippen LogP contribution in [0.1, 0.15) is 26.2 Å². The normalized spacial score (nSPS) is 16.2. The highest BCUT2D eigenvalue weighted by atomic mass is 16.5. The molecule has 26 heavy (non-hydrogen) atoms. The van der Waals surface area contributed by atoms with E-state index in [-0.39, 0.29) is 31.4 Å². The smallest absolute Gasteiger partial charge is 0.257 e. The number of ether oxygens (including phenoxy) is 2. The zero-order valence-corrected chi connectivity index (χ0v) is 14.9. The van der Waals surface area contributed by atoms with Crippen molar-refractivity contribution in [3.63, 3.8) is 0 Å². The number of nitrogens with zero attached hydrogens (tertiary/aromatic N) is 1. The molecular weight excluding hydrogens is 338 g/mol. The maximum Gasteiger partial charge on any atom is 0.257 e. The molecule has 1 aromatic rings. The van der Waals surface area contributed by atoms with Crippen LogP contribution in [-0.4, -0.2) is 55.0 Å². The number of hydrogen-bond donors (Lipinski definition) is 2. The van der Waals surface area contributed by atoms with Crippen molar-refractivity contribution < 1.29 is 23.9 Å². The molecule has 1 heterocycles. The standard InChI is InChI=1S/C18H25N3O5/c1-2-25-13-5-7-14(8-6-13)26-12-16(22)20-10-9-17(23)21-11-3-4-15(21)18(19)24/h5-8,15H,2-4,9-12H2,1H3,(H2,19,24)(H,20,22). The van der Waals surface area contributed by atoms with Crippen molar-refractivity contribution in [2.24, 2.45) is 5.73 Å². The van der Waals surface area contributed by atoms with Crippen molar-refractivity contribution in [1.82, 2.24) is 10.2 Å². The van der Waals surface area contributed by atoms with Crippen molar-refractivity contribution in [3.05, 3.63) is 24.3 Å². The van der Waals surface area contributed by atoms with Crippen LogP contribution in [0.2, 0.25) is 0 Å². The summed E-state index contributed by atoms with van der Waals surface area (Å²) in [5.41, 5.74) is 5.30. The largest absolute Gasteiger partial charge is 0.494 e. The molecule has 0 aromatic heterocycles. The fourth-order valence-corrected chi connectivity index (χ4v) is 2.81. The summed E-state index contributed by atoms with van der Waals surface area (Å²) < 4.78 is 10.7. The van der Waals surface area contributed by atoms with E-state index in [0.29, 0.717) is 25.3 Å². The van der Waals surface area contributed by atoms with Gasteiger partial charge in [0.25, 0.3) is 5.91 Å². The number of nitrogens with one attached hydrogen (secondary N) is 1. The van der Waals surface area contributed by atoms with Crippen molar-refractivity contribution >= 4 is 17.7 Å². The van der Waals surface area contributed by atoms with Crippen LogP contribution in [0.3, 0.4) is 0 Å². The summed E-state index contributed by atoms with van der Waals surface area (Å²) in [7, 11) is 0. The molecular formula is C18H25N3O5. The highest BCUT2D eigenvalue weighted by Crippen LogP contribution is 2.18. The molecule has 1 aliphatic heterocycles. The van der Waals surface area contributed by atoms with Crippen LogP contribution in [0.5, 0.6) is 11.5 Å². The van der Waals surface area contributed by atoms with E-state index in [4.69, 9.17) is 15.2 Å². The van der Waals surface area contributed by atoms with Gasteiger partial charge in [-0.15, -0.1) is 0 Å². The number of likely N-dealkylation sites (tertiary alicyclic amines) is 1. The molecule has 8 heteroatoms. The first-order valence-electron chi connectivity index (χ1n) is 8.72. The maximum atomic E-state index is 12.1. The van der Waals surface area contributed by atoms with Gasteiger partial charge in [0.1, 0.15) is 17.5 Å². The molecule has 2 rings (SSSR count). The molecule has 0 saturated carbocycles. The fourth-order valence-electron chi connectivity index (χ4n) is 2.81. The summed E-state index contributed by atoms with van der Waals surface area (Å²) >= 11 is 0. The summed E-state index contributed by atoms with van der Waals surface area (Å²) in [6, 6.07) is 6.45. The third-order valence-electron chi connectivity index (χ3n) is 4.07. The Morgan fingerprint density at radius 3 is 2.46 bits per heavy atom. The Morgan fingerprint density at radius 2 is 1.85 bits per heavy atom. The van der Waals surface area contributed by atoms with Gasteiger partial charge < -0.3 is 25.4 Å². The van der Waals surface area contributed by atoms with Gasteiger partial charge in [0, 0.05) is 19.5 Å². The van der Waals surface area contributed by atoms with Gasteiger partial charge in [0.2, 0.25) is 11.8 Å². The summed E-state index contributed by atoms with van der Waals surface area (Å²) in [5.74, 6) is 0.308. The minimum atomic E-state index is -0.527. The lowest BCUT2D eigenvalue weighted by molar-refractivity contribution is -0.137. The van der Waals surface area contributed by atoms with Gasteiger partial charge >= 0.3 is 0 Å². The van der Waals surface area contributed by atoms with E-state index < -0.39 is 11.9 Å². The van der Waals surface area contributed by atoms with Gasteiger partial charge in [-0.2, -0.15) is 0 Å². The zero-order valence-electron chi connectivity index (χ0n) is 14.9. The van der Waals surface area contributed by atoms with Crippen LogP contribution < -0.4 is 20.5 Å². The molecule has 142 valence electrons.